The summed E-state index contributed by atoms with van der Waals surface area (Å²) in [5.74, 6) is 1.51. The van der Waals surface area contributed by atoms with Crippen LogP contribution in [0.2, 0.25) is 0 Å². The van der Waals surface area contributed by atoms with E-state index in [1.807, 2.05) is 26.1 Å². The molecule has 4 atom stereocenters. The number of ether oxygens (including phenoxy) is 1. The van der Waals surface area contributed by atoms with E-state index in [2.05, 4.69) is 55.6 Å². The molecular formula is C30H45NO4. The minimum Gasteiger partial charge on any atom is -0.486 e. The fraction of sp³-hybridized carbons (Fsp3) is 0.567. The van der Waals surface area contributed by atoms with Crippen LogP contribution in [0.25, 0.3) is 0 Å². The SMILES string of the molecule is CCC12C[C@@](C)(O)C(c3ccccc3)CC1CCc1cc(OCC=O)ccc12.CCNC.CCO. The van der Waals surface area contributed by atoms with Gasteiger partial charge in [0.25, 0.3) is 0 Å². The summed E-state index contributed by atoms with van der Waals surface area (Å²) in [6.45, 7) is 9.44. The molecule has 0 spiro atoms. The Kier molecular flexibility index (Phi) is 11.4. The molecule has 35 heavy (non-hydrogen) atoms. The van der Waals surface area contributed by atoms with E-state index < -0.39 is 5.60 Å². The summed E-state index contributed by atoms with van der Waals surface area (Å²) in [6, 6.07) is 16.8. The van der Waals surface area contributed by atoms with Crippen LogP contribution in [0, 0.1) is 5.92 Å². The van der Waals surface area contributed by atoms with E-state index in [-0.39, 0.29) is 24.5 Å². The molecule has 3 N–H and O–H groups in total. The summed E-state index contributed by atoms with van der Waals surface area (Å²) >= 11 is 0. The van der Waals surface area contributed by atoms with Crippen molar-refractivity contribution < 1.29 is 19.7 Å². The van der Waals surface area contributed by atoms with Crippen molar-refractivity contribution >= 4 is 6.29 Å². The van der Waals surface area contributed by atoms with Gasteiger partial charge in [0.1, 0.15) is 12.4 Å². The van der Waals surface area contributed by atoms with E-state index >= 15 is 0 Å². The van der Waals surface area contributed by atoms with Gasteiger partial charge >= 0.3 is 0 Å². The normalized spacial score (nSPS) is 26.6. The number of aliphatic hydroxyl groups excluding tert-OH is 1. The topological polar surface area (TPSA) is 78.8 Å². The molecular weight excluding hydrogens is 438 g/mol. The molecule has 194 valence electrons. The molecule has 5 nitrogen and oxygen atoms in total. The van der Waals surface area contributed by atoms with E-state index in [0.717, 1.165) is 50.7 Å². The molecule has 0 saturated heterocycles. The van der Waals surface area contributed by atoms with Gasteiger partial charge < -0.3 is 20.3 Å². The summed E-state index contributed by atoms with van der Waals surface area (Å²) in [7, 11) is 1.93. The largest absolute Gasteiger partial charge is 0.486 e. The molecule has 5 heteroatoms. The Hall–Kier alpha value is -2.21. The molecule has 1 fully saturated rings. The van der Waals surface area contributed by atoms with Gasteiger partial charge in [0, 0.05) is 17.9 Å². The van der Waals surface area contributed by atoms with Crippen molar-refractivity contribution in [3.8, 4) is 5.75 Å². The number of rotatable bonds is 6. The van der Waals surface area contributed by atoms with Crippen LogP contribution in [0.4, 0.5) is 0 Å². The predicted molar refractivity (Wildman–Crippen MR) is 143 cm³/mol. The zero-order valence-corrected chi connectivity index (χ0v) is 22.2. The highest BCUT2D eigenvalue weighted by molar-refractivity contribution is 5.52. The fourth-order valence-corrected chi connectivity index (χ4v) is 5.98. The minimum atomic E-state index is -0.741. The van der Waals surface area contributed by atoms with E-state index in [1.165, 1.54) is 16.7 Å². The molecule has 0 heterocycles. The van der Waals surface area contributed by atoms with Gasteiger partial charge in [-0.15, -0.1) is 0 Å². The summed E-state index contributed by atoms with van der Waals surface area (Å²) in [6.07, 6.45) is 5.78. The number of hydrogen-bond donors (Lipinski definition) is 3. The van der Waals surface area contributed by atoms with Gasteiger partial charge in [-0.2, -0.15) is 0 Å². The van der Waals surface area contributed by atoms with Crippen LogP contribution in [-0.4, -0.2) is 48.9 Å². The monoisotopic (exact) mass is 483 g/mol. The van der Waals surface area contributed by atoms with E-state index in [4.69, 9.17) is 9.84 Å². The molecule has 0 aromatic heterocycles. The smallest absolute Gasteiger partial charge is 0.157 e. The molecule has 2 aromatic rings. The Morgan fingerprint density at radius 1 is 1.14 bits per heavy atom. The number of carbonyl (C=O) groups is 1. The lowest BCUT2D eigenvalue weighted by Gasteiger charge is -2.56. The van der Waals surface area contributed by atoms with Crippen LogP contribution in [0.15, 0.2) is 48.5 Å². The second-order valence-electron chi connectivity index (χ2n) is 9.80. The minimum absolute atomic E-state index is 0.00551. The van der Waals surface area contributed by atoms with Gasteiger partial charge in [-0.05, 0) is 94.3 Å². The molecule has 0 amide bonds. The van der Waals surface area contributed by atoms with Crippen molar-refractivity contribution in [2.75, 3.05) is 26.8 Å². The second-order valence-corrected chi connectivity index (χ2v) is 9.80. The lowest BCUT2D eigenvalue weighted by Crippen LogP contribution is -2.53. The van der Waals surface area contributed by atoms with Crippen molar-refractivity contribution in [2.45, 2.75) is 76.7 Å². The number of aliphatic hydroxyl groups is 2. The van der Waals surface area contributed by atoms with Crippen molar-refractivity contribution in [3.63, 3.8) is 0 Å². The quantitative estimate of drug-likeness (QED) is 0.503. The molecule has 2 aliphatic rings. The van der Waals surface area contributed by atoms with Crippen molar-refractivity contribution in [2.24, 2.45) is 5.92 Å². The van der Waals surface area contributed by atoms with Gasteiger partial charge in [-0.3, -0.25) is 4.79 Å². The Bertz CT molecular complexity index is 896. The number of fused-ring (bicyclic) bond motifs is 3. The summed E-state index contributed by atoms with van der Waals surface area (Å²) in [5, 5.41) is 22.1. The number of nitrogens with one attached hydrogen (secondary N) is 1. The van der Waals surface area contributed by atoms with Gasteiger partial charge in [0.15, 0.2) is 6.29 Å². The van der Waals surface area contributed by atoms with Crippen LogP contribution >= 0.6 is 0 Å². The first-order valence-corrected chi connectivity index (χ1v) is 13.1. The number of aryl methyl sites for hydroxylation is 1. The Morgan fingerprint density at radius 2 is 1.80 bits per heavy atom. The lowest BCUT2D eigenvalue weighted by molar-refractivity contribution is -0.109. The van der Waals surface area contributed by atoms with Crippen molar-refractivity contribution in [3.05, 3.63) is 65.2 Å². The van der Waals surface area contributed by atoms with Gasteiger partial charge in [-0.25, -0.2) is 0 Å². The zero-order chi connectivity index (χ0) is 25.9. The average molecular weight is 484 g/mol. The summed E-state index contributed by atoms with van der Waals surface area (Å²) in [4.78, 5) is 10.6. The molecule has 2 aliphatic carbocycles. The Balaban J connectivity index is 0.000000551. The number of aldehydes is 1. The number of carbonyl (C=O) groups excluding carboxylic acids is 1. The van der Waals surface area contributed by atoms with Gasteiger partial charge in [0.2, 0.25) is 0 Å². The van der Waals surface area contributed by atoms with Gasteiger partial charge in [-0.1, -0.05) is 50.2 Å². The maximum atomic E-state index is 11.6. The van der Waals surface area contributed by atoms with E-state index in [9.17, 15) is 9.90 Å². The van der Waals surface area contributed by atoms with E-state index in [1.54, 1.807) is 6.92 Å². The predicted octanol–water partition coefficient (Wildman–Crippen LogP) is 5.03. The van der Waals surface area contributed by atoms with Crippen LogP contribution in [0.1, 0.15) is 76.0 Å². The third-order valence-electron chi connectivity index (χ3n) is 7.61. The summed E-state index contributed by atoms with van der Waals surface area (Å²) in [5.41, 5.74) is 3.20. The van der Waals surface area contributed by atoms with Crippen LogP contribution in [0.5, 0.6) is 5.75 Å². The molecule has 3 unspecified atom stereocenters. The van der Waals surface area contributed by atoms with Crippen LogP contribution < -0.4 is 10.1 Å². The first-order chi connectivity index (χ1) is 16.8. The molecule has 0 aliphatic heterocycles. The van der Waals surface area contributed by atoms with Crippen molar-refractivity contribution in [1.82, 2.24) is 5.32 Å². The average Bonchev–Trinajstić information content (AvgIpc) is 2.87. The lowest BCUT2D eigenvalue weighted by atomic mass is 9.50. The first kappa shape index (κ1) is 29.0. The fourth-order valence-electron chi connectivity index (χ4n) is 5.98. The second kappa shape index (κ2) is 13.8. The molecule has 2 aromatic carbocycles. The maximum Gasteiger partial charge on any atom is 0.157 e. The standard InChI is InChI=1S/C25H30O3.C3H9N.C2H6O/c1-3-25-17-24(2,27)23(18-7-5-4-6-8-18)16-20(25)10-9-19-15-21(28-14-13-26)11-12-22(19)25;1-3-4-2;1-2-3/h4-8,11-13,15,20,23,27H,3,9-10,14,16-17H2,1-2H3;4H,3H2,1-2H3;3H,2H2,1H3/t20?,23?,24-,25?;;/m1../s1. The molecule has 0 radical (unpaired) electrons. The molecule has 0 bridgehead atoms. The first-order valence-electron chi connectivity index (χ1n) is 13.1. The van der Waals surface area contributed by atoms with Crippen LogP contribution in [-0.2, 0) is 16.6 Å². The highest BCUT2D eigenvalue weighted by atomic mass is 16.5. The third kappa shape index (κ3) is 6.93. The Labute approximate surface area is 211 Å². The zero-order valence-electron chi connectivity index (χ0n) is 22.2. The van der Waals surface area contributed by atoms with Crippen molar-refractivity contribution in [1.29, 1.82) is 0 Å². The maximum absolute atomic E-state index is 11.6. The third-order valence-corrected chi connectivity index (χ3v) is 7.61. The Morgan fingerprint density at radius 3 is 2.37 bits per heavy atom. The molecule has 4 rings (SSSR count). The summed E-state index contributed by atoms with van der Waals surface area (Å²) < 4.78 is 5.52. The van der Waals surface area contributed by atoms with Crippen LogP contribution in [0.3, 0.4) is 0 Å². The number of hydrogen-bond acceptors (Lipinski definition) is 5. The van der Waals surface area contributed by atoms with Gasteiger partial charge in [0.05, 0.1) is 5.60 Å². The highest BCUT2D eigenvalue weighted by Crippen LogP contribution is 2.58. The van der Waals surface area contributed by atoms with E-state index in [0.29, 0.717) is 5.92 Å². The highest BCUT2D eigenvalue weighted by Gasteiger charge is 2.54. The molecule has 1 saturated carbocycles. The number of benzene rings is 2.